The van der Waals surface area contributed by atoms with Gasteiger partial charge < -0.3 is 10.8 Å². The Hall–Kier alpha value is -0.870. The van der Waals surface area contributed by atoms with Gasteiger partial charge in [-0.15, -0.1) is 0 Å². The summed E-state index contributed by atoms with van der Waals surface area (Å²) in [5.41, 5.74) is 6.81. The third-order valence-corrected chi connectivity index (χ3v) is 1.18. The van der Waals surface area contributed by atoms with Crippen molar-refractivity contribution in [2.45, 2.75) is 13.2 Å². The molecule has 4 heteroatoms. The van der Waals surface area contributed by atoms with E-state index in [9.17, 15) is 0 Å². The van der Waals surface area contributed by atoms with Gasteiger partial charge in [-0.25, -0.2) is 0 Å². The van der Waals surface area contributed by atoms with Crippen LogP contribution >= 0.6 is 0 Å². The van der Waals surface area contributed by atoms with Crippen LogP contribution in [0.25, 0.3) is 0 Å². The number of aromatic nitrogens is 2. The minimum Gasteiger partial charge on any atom is -0.390 e. The minimum atomic E-state index is -0.0456. The fourth-order valence-corrected chi connectivity index (χ4v) is 0.657. The highest BCUT2D eigenvalue weighted by atomic mass is 16.3. The van der Waals surface area contributed by atoms with Crippen molar-refractivity contribution in [1.82, 2.24) is 10.2 Å². The summed E-state index contributed by atoms with van der Waals surface area (Å²) in [6.45, 7) is 0.377. The topological polar surface area (TPSA) is 74.9 Å². The molecule has 0 spiro atoms. The van der Waals surface area contributed by atoms with Gasteiger partial charge in [-0.3, -0.25) is 5.10 Å². The molecular weight excluding hydrogens is 118 g/mol. The molecule has 0 saturated heterocycles. The Morgan fingerprint density at radius 1 is 1.78 bits per heavy atom. The Morgan fingerprint density at radius 3 is 3.00 bits per heavy atom. The van der Waals surface area contributed by atoms with Crippen LogP contribution < -0.4 is 5.73 Å². The molecule has 1 rings (SSSR count). The lowest BCUT2D eigenvalue weighted by atomic mass is 10.3. The summed E-state index contributed by atoms with van der Waals surface area (Å²) in [6, 6.07) is 0. The smallest absolute Gasteiger partial charge is 0.0921 e. The molecule has 0 atom stereocenters. The molecular formula is C5H9N3O. The first-order chi connectivity index (χ1) is 4.38. The second-order valence-corrected chi connectivity index (χ2v) is 1.72. The molecule has 0 aliphatic rings. The zero-order valence-electron chi connectivity index (χ0n) is 4.96. The molecule has 0 aliphatic heterocycles. The molecule has 0 aromatic carbocycles. The average molecular weight is 127 g/mol. The molecule has 9 heavy (non-hydrogen) atoms. The van der Waals surface area contributed by atoms with E-state index in [2.05, 4.69) is 10.2 Å². The molecule has 0 saturated carbocycles. The normalized spacial score (nSPS) is 10.0. The van der Waals surface area contributed by atoms with E-state index in [-0.39, 0.29) is 6.61 Å². The summed E-state index contributed by atoms with van der Waals surface area (Å²) in [6.07, 6.45) is 1.69. The maximum atomic E-state index is 8.60. The van der Waals surface area contributed by atoms with Crippen molar-refractivity contribution in [1.29, 1.82) is 0 Å². The van der Waals surface area contributed by atoms with Crippen molar-refractivity contribution in [3.63, 3.8) is 0 Å². The van der Waals surface area contributed by atoms with Crippen LogP contribution in [0.4, 0.5) is 0 Å². The molecule has 0 radical (unpaired) electrons. The first-order valence-corrected chi connectivity index (χ1v) is 2.71. The molecule has 0 bridgehead atoms. The molecule has 0 unspecified atom stereocenters. The third-order valence-electron chi connectivity index (χ3n) is 1.18. The number of nitrogens with zero attached hydrogens (tertiary/aromatic N) is 1. The van der Waals surface area contributed by atoms with Gasteiger partial charge in [-0.1, -0.05) is 0 Å². The van der Waals surface area contributed by atoms with E-state index in [4.69, 9.17) is 10.8 Å². The van der Waals surface area contributed by atoms with Crippen molar-refractivity contribution in [2.75, 3.05) is 0 Å². The molecule has 50 valence electrons. The molecule has 0 aliphatic carbocycles. The lowest BCUT2D eigenvalue weighted by Gasteiger charge is -1.90. The van der Waals surface area contributed by atoms with E-state index in [1.54, 1.807) is 6.20 Å². The highest BCUT2D eigenvalue weighted by Crippen LogP contribution is 2.01. The van der Waals surface area contributed by atoms with Crippen molar-refractivity contribution < 1.29 is 5.11 Å². The van der Waals surface area contributed by atoms with Crippen molar-refractivity contribution in [3.8, 4) is 0 Å². The molecule has 4 N–H and O–H groups in total. The predicted molar refractivity (Wildman–Crippen MR) is 32.4 cm³/mol. The van der Waals surface area contributed by atoms with E-state index in [0.717, 1.165) is 5.56 Å². The zero-order chi connectivity index (χ0) is 6.69. The number of hydrogen-bond acceptors (Lipinski definition) is 3. The van der Waals surface area contributed by atoms with E-state index in [1.165, 1.54) is 0 Å². The standard InChI is InChI=1S/C5H9N3O/c6-1-4-2-7-8-5(4)3-9/h2,9H,1,3,6H2,(H,7,8). The van der Waals surface area contributed by atoms with Crippen LogP contribution in [0.15, 0.2) is 6.20 Å². The Kier molecular flexibility index (Phi) is 1.81. The van der Waals surface area contributed by atoms with Gasteiger partial charge >= 0.3 is 0 Å². The fraction of sp³-hybridized carbons (Fsp3) is 0.400. The molecule has 4 nitrogen and oxygen atoms in total. The van der Waals surface area contributed by atoms with Gasteiger partial charge in [0.2, 0.25) is 0 Å². The molecule has 1 aromatic rings. The van der Waals surface area contributed by atoms with E-state index < -0.39 is 0 Å². The first-order valence-electron chi connectivity index (χ1n) is 2.71. The van der Waals surface area contributed by atoms with Crippen molar-refractivity contribution in [3.05, 3.63) is 17.5 Å². The van der Waals surface area contributed by atoms with Crippen molar-refractivity contribution in [2.24, 2.45) is 5.73 Å². The largest absolute Gasteiger partial charge is 0.390 e. The highest BCUT2D eigenvalue weighted by Gasteiger charge is 1.99. The number of hydrogen-bond donors (Lipinski definition) is 3. The van der Waals surface area contributed by atoms with Crippen LogP contribution in [0.2, 0.25) is 0 Å². The van der Waals surface area contributed by atoms with Crippen LogP contribution in [0.3, 0.4) is 0 Å². The number of aliphatic hydroxyl groups is 1. The molecule has 1 aromatic heterocycles. The zero-order valence-corrected chi connectivity index (χ0v) is 4.96. The molecule has 0 amide bonds. The Labute approximate surface area is 52.7 Å². The lowest BCUT2D eigenvalue weighted by molar-refractivity contribution is 0.275. The Bertz CT molecular complexity index is 166. The molecule has 0 fully saturated rings. The van der Waals surface area contributed by atoms with Crippen LogP contribution in [0.5, 0.6) is 0 Å². The average Bonchev–Trinajstić information content (AvgIpc) is 2.33. The van der Waals surface area contributed by atoms with Crippen LogP contribution in [-0.4, -0.2) is 15.3 Å². The third kappa shape index (κ3) is 1.09. The maximum Gasteiger partial charge on any atom is 0.0921 e. The second kappa shape index (κ2) is 2.61. The number of aromatic amines is 1. The summed E-state index contributed by atoms with van der Waals surface area (Å²) in [7, 11) is 0. The van der Waals surface area contributed by atoms with E-state index >= 15 is 0 Å². The Balaban J connectivity index is 2.85. The number of H-pyrrole nitrogens is 1. The lowest BCUT2D eigenvalue weighted by Crippen LogP contribution is -1.98. The summed E-state index contributed by atoms with van der Waals surface area (Å²) in [5.74, 6) is 0. The van der Waals surface area contributed by atoms with E-state index in [1.807, 2.05) is 0 Å². The quantitative estimate of drug-likeness (QED) is 0.494. The van der Waals surface area contributed by atoms with Crippen LogP contribution in [-0.2, 0) is 13.2 Å². The van der Waals surface area contributed by atoms with Crippen LogP contribution in [0, 0.1) is 0 Å². The van der Waals surface area contributed by atoms with Gasteiger partial charge in [0.05, 0.1) is 12.3 Å². The Morgan fingerprint density at radius 2 is 2.56 bits per heavy atom. The van der Waals surface area contributed by atoms with Gasteiger partial charge in [0.25, 0.3) is 0 Å². The highest BCUT2D eigenvalue weighted by molar-refractivity contribution is 5.14. The van der Waals surface area contributed by atoms with Crippen LogP contribution in [0.1, 0.15) is 11.3 Å². The number of nitrogens with one attached hydrogen (secondary N) is 1. The second-order valence-electron chi connectivity index (χ2n) is 1.72. The minimum absolute atomic E-state index is 0.0456. The number of aliphatic hydroxyl groups excluding tert-OH is 1. The number of nitrogens with two attached hydrogens (primary N) is 1. The van der Waals surface area contributed by atoms with Gasteiger partial charge in [0.15, 0.2) is 0 Å². The SMILES string of the molecule is NCc1c[nH]nc1CO. The summed E-state index contributed by atoms with van der Waals surface area (Å²) < 4.78 is 0. The summed E-state index contributed by atoms with van der Waals surface area (Å²) in [4.78, 5) is 0. The maximum absolute atomic E-state index is 8.60. The predicted octanol–water partition coefficient (Wildman–Crippen LogP) is -0.639. The van der Waals surface area contributed by atoms with Gasteiger partial charge in [0, 0.05) is 18.3 Å². The summed E-state index contributed by atoms with van der Waals surface area (Å²) >= 11 is 0. The number of rotatable bonds is 2. The summed E-state index contributed by atoms with van der Waals surface area (Å²) in [5, 5.41) is 15.0. The molecule has 1 heterocycles. The first kappa shape index (κ1) is 6.25. The van der Waals surface area contributed by atoms with Gasteiger partial charge in [0.1, 0.15) is 0 Å². The fourth-order valence-electron chi connectivity index (χ4n) is 0.657. The van der Waals surface area contributed by atoms with Crippen molar-refractivity contribution >= 4 is 0 Å². The van der Waals surface area contributed by atoms with E-state index in [0.29, 0.717) is 12.2 Å². The van der Waals surface area contributed by atoms with Gasteiger partial charge in [-0.2, -0.15) is 5.10 Å². The monoisotopic (exact) mass is 127 g/mol. The van der Waals surface area contributed by atoms with Gasteiger partial charge in [-0.05, 0) is 0 Å².